The predicted octanol–water partition coefficient (Wildman–Crippen LogP) is 3.27. The maximum absolute atomic E-state index is 12.7. The second-order valence-electron chi connectivity index (χ2n) is 7.38. The van der Waals surface area contributed by atoms with Crippen LogP contribution in [-0.4, -0.2) is 50.6 Å². The summed E-state index contributed by atoms with van der Waals surface area (Å²) in [7, 11) is 1.76. The van der Waals surface area contributed by atoms with E-state index in [2.05, 4.69) is 35.9 Å². The number of likely N-dealkylation sites (tertiary alicyclic amines) is 1. The van der Waals surface area contributed by atoms with Crippen LogP contribution in [0.25, 0.3) is 0 Å². The number of rotatable bonds is 6. The topological polar surface area (TPSA) is 67.4 Å². The summed E-state index contributed by atoms with van der Waals surface area (Å²) in [5.74, 6) is 1.86. The van der Waals surface area contributed by atoms with Crippen LogP contribution in [0.3, 0.4) is 0 Å². The second-order valence-corrected chi connectivity index (χ2v) is 7.38. The summed E-state index contributed by atoms with van der Waals surface area (Å²) in [6, 6.07) is 4.16. The number of carbonyl (C=O) groups is 1. The van der Waals surface area contributed by atoms with Crippen LogP contribution >= 0.6 is 0 Å². The number of hydrogen-bond donors (Lipinski definition) is 0. The van der Waals surface area contributed by atoms with Crippen molar-refractivity contribution in [1.29, 1.82) is 0 Å². The molecule has 0 radical (unpaired) electrons. The summed E-state index contributed by atoms with van der Waals surface area (Å²) in [5.41, 5.74) is 0. The zero-order valence-corrected chi connectivity index (χ0v) is 16.2. The van der Waals surface area contributed by atoms with Gasteiger partial charge in [0.05, 0.1) is 12.6 Å². The molecule has 142 valence electrons. The average molecular weight is 359 g/mol. The van der Waals surface area contributed by atoms with Gasteiger partial charge in [0.25, 0.3) is 5.91 Å². The van der Waals surface area contributed by atoms with E-state index < -0.39 is 0 Å². The zero-order valence-electron chi connectivity index (χ0n) is 16.2. The van der Waals surface area contributed by atoms with Gasteiger partial charge < -0.3 is 13.9 Å². The molecule has 3 heterocycles. The minimum atomic E-state index is -0.139. The van der Waals surface area contributed by atoms with Gasteiger partial charge in [0, 0.05) is 13.1 Å². The van der Waals surface area contributed by atoms with E-state index in [0.29, 0.717) is 12.3 Å². The highest BCUT2D eigenvalue weighted by molar-refractivity contribution is 5.91. The lowest BCUT2D eigenvalue weighted by molar-refractivity contribution is 0.0739. The molecule has 0 saturated carbocycles. The molecule has 3 rings (SSSR count). The second kappa shape index (κ2) is 8.03. The van der Waals surface area contributed by atoms with Crippen LogP contribution in [-0.2, 0) is 6.54 Å². The highest BCUT2D eigenvalue weighted by Crippen LogP contribution is 2.26. The molecule has 1 fully saturated rings. The third-order valence-electron chi connectivity index (χ3n) is 5.12. The van der Waals surface area contributed by atoms with Gasteiger partial charge in [0.15, 0.2) is 11.6 Å². The molecule has 2 aromatic rings. The highest BCUT2D eigenvalue weighted by Gasteiger charge is 2.24. The van der Waals surface area contributed by atoms with Crippen molar-refractivity contribution < 1.29 is 9.21 Å². The lowest BCUT2D eigenvalue weighted by Gasteiger charge is -2.31. The van der Waals surface area contributed by atoms with Crippen LogP contribution < -0.4 is 0 Å². The fourth-order valence-corrected chi connectivity index (χ4v) is 3.46. The van der Waals surface area contributed by atoms with Gasteiger partial charge in [-0.05, 0) is 58.8 Å². The predicted molar refractivity (Wildman–Crippen MR) is 98.8 cm³/mol. The van der Waals surface area contributed by atoms with E-state index in [0.717, 1.165) is 24.7 Å². The van der Waals surface area contributed by atoms with E-state index in [1.54, 1.807) is 24.3 Å². The molecule has 2 aromatic heterocycles. The Bertz CT molecular complexity index is 730. The molecule has 0 aromatic carbocycles. The van der Waals surface area contributed by atoms with Gasteiger partial charge in [-0.3, -0.25) is 9.69 Å². The Morgan fingerprint density at radius 3 is 2.65 bits per heavy atom. The van der Waals surface area contributed by atoms with E-state index in [-0.39, 0.29) is 18.0 Å². The van der Waals surface area contributed by atoms with Crippen molar-refractivity contribution in [2.45, 2.75) is 58.7 Å². The summed E-state index contributed by atoms with van der Waals surface area (Å²) >= 11 is 0. The Morgan fingerprint density at radius 1 is 1.23 bits per heavy atom. The van der Waals surface area contributed by atoms with Crippen LogP contribution in [0.4, 0.5) is 0 Å². The largest absolute Gasteiger partial charge is 0.454 e. The lowest BCUT2D eigenvalue weighted by Crippen LogP contribution is -2.32. The number of carbonyl (C=O) groups excluding carboxylic acids is 1. The number of amides is 1. The van der Waals surface area contributed by atoms with Crippen LogP contribution in [0.2, 0.25) is 0 Å². The molecule has 0 unspecified atom stereocenters. The van der Waals surface area contributed by atoms with Gasteiger partial charge in [0.2, 0.25) is 0 Å². The van der Waals surface area contributed by atoms with E-state index in [1.165, 1.54) is 19.3 Å². The third kappa shape index (κ3) is 3.98. The average Bonchev–Trinajstić information content (AvgIpc) is 3.30. The molecule has 0 N–H and O–H groups in total. The lowest BCUT2D eigenvalue weighted by atomic mass is 10.1. The van der Waals surface area contributed by atoms with Crippen LogP contribution in [0.5, 0.6) is 0 Å². The minimum Gasteiger partial charge on any atom is -0.454 e. The van der Waals surface area contributed by atoms with Crippen molar-refractivity contribution in [1.82, 2.24) is 24.6 Å². The Labute approximate surface area is 155 Å². The fourth-order valence-electron chi connectivity index (χ4n) is 3.46. The molecule has 0 aliphatic carbocycles. The summed E-state index contributed by atoms with van der Waals surface area (Å²) in [6.07, 6.45) is 5.47. The Kier molecular flexibility index (Phi) is 5.76. The number of nitrogens with zero attached hydrogens (tertiary/aromatic N) is 5. The number of hydrogen-bond acceptors (Lipinski definition) is 5. The van der Waals surface area contributed by atoms with Crippen molar-refractivity contribution in [3.63, 3.8) is 0 Å². The summed E-state index contributed by atoms with van der Waals surface area (Å²) < 4.78 is 7.87. The van der Waals surface area contributed by atoms with Crippen LogP contribution in [0.15, 0.2) is 22.9 Å². The first-order chi connectivity index (χ1) is 12.5. The summed E-state index contributed by atoms with van der Waals surface area (Å²) in [4.78, 5) is 16.8. The molecule has 1 amide bonds. The maximum Gasteiger partial charge on any atom is 0.289 e. The fraction of sp³-hybridized carbons (Fsp3) is 0.632. The van der Waals surface area contributed by atoms with Crippen molar-refractivity contribution in [2.24, 2.45) is 0 Å². The molecular weight excluding hydrogens is 330 g/mol. The maximum atomic E-state index is 12.7. The first-order valence-corrected chi connectivity index (χ1v) is 9.45. The SMILES string of the molecule is CC(C)n1cnnc1CN(C)C(=O)c1ccc([C@@H](C)N2CCCCC2)o1. The first-order valence-electron chi connectivity index (χ1n) is 9.45. The van der Waals surface area contributed by atoms with Crippen molar-refractivity contribution >= 4 is 5.91 Å². The molecule has 26 heavy (non-hydrogen) atoms. The van der Waals surface area contributed by atoms with Gasteiger partial charge in [-0.25, -0.2) is 0 Å². The molecule has 1 aliphatic heterocycles. The molecule has 0 spiro atoms. The van der Waals surface area contributed by atoms with Gasteiger partial charge in [-0.2, -0.15) is 0 Å². The van der Waals surface area contributed by atoms with E-state index >= 15 is 0 Å². The van der Waals surface area contributed by atoms with Crippen molar-refractivity contribution in [3.05, 3.63) is 35.8 Å². The minimum absolute atomic E-state index is 0.139. The number of piperidine rings is 1. The Balaban J connectivity index is 1.66. The molecule has 7 heteroatoms. The Morgan fingerprint density at radius 2 is 1.96 bits per heavy atom. The van der Waals surface area contributed by atoms with E-state index in [1.807, 2.05) is 10.6 Å². The van der Waals surface area contributed by atoms with Gasteiger partial charge in [-0.1, -0.05) is 6.42 Å². The van der Waals surface area contributed by atoms with Crippen LogP contribution in [0, 0.1) is 0 Å². The molecule has 1 atom stereocenters. The quantitative estimate of drug-likeness (QED) is 0.792. The van der Waals surface area contributed by atoms with Gasteiger partial charge >= 0.3 is 0 Å². The smallest absolute Gasteiger partial charge is 0.289 e. The number of aromatic nitrogens is 3. The van der Waals surface area contributed by atoms with Crippen molar-refractivity contribution in [3.8, 4) is 0 Å². The van der Waals surface area contributed by atoms with Crippen LogP contribution in [0.1, 0.15) is 74.3 Å². The summed E-state index contributed by atoms with van der Waals surface area (Å²) in [5, 5.41) is 8.08. The zero-order chi connectivity index (χ0) is 18.7. The van der Waals surface area contributed by atoms with Gasteiger partial charge in [0.1, 0.15) is 12.1 Å². The first kappa shape index (κ1) is 18.6. The molecular formula is C19H29N5O2. The molecule has 7 nitrogen and oxygen atoms in total. The van der Waals surface area contributed by atoms with E-state index in [4.69, 9.17) is 4.42 Å². The van der Waals surface area contributed by atoms with Crippen molar-refractivity contribution in [2.75, 3.05) is 20.1 Å². The number of furan rings is 1. The Hall–Kier alpha value is -2.15. The van der Waals surface area contributed by atoms with Gasteiger partial charge in [-0.15, -0.1) is 10.2 Å². The van der Waals surface area contributed by atoms with E-state index in [9.17, 15) is 4.79 Å². The molecule has 0 bridgehead atoms. The molecule has 1 aliphatic rings. The third-order valence-corrected chi connectivity index (χ3v) is 5.12. The standard InChI is InChI=1S/C19H29N5O2/c1-14(2)24-13-20-21-18(24)12-22(4)19(25)17-9-8-16(26-17)15(3)23-10-6-5-7-11-23/h8-9,13-15H,5-7,10-12H2,1-4H3/t15-/m1/s1. The highest BCUT2D eigenvalue weighted by atomic mass is 16.4. The summed E-state index contributed by atoms with van der Waals surface area (Å²) in [6.45, 7) is 8.86. The molecule has 1 saturated heterocycles. The normalized spacial score (nSPS) is 16.8. The monoisotopic (exact) mass is 359 g/mol.